The number of aromatic nitrogens is 1. The Morgan fingerprint density at radius 3 is 3.00 bits per heavy atom. The molecule has 19 heavy (non-hydrogen) atoms. The van der Waals surface area contributed by atoms with Crippen molar-refractivity contribution < 1.29 is 4.74 Å². The fraction of sp³-hybridized carbons (Fsp3) is 0.688. The third-order valence-corrected chi connectivity index (χ3v) is 5.09. The second-order valence-corrected chi connectivity index (χ2v) is 6.18. The average molecular weight is 260 g/mol. The summed E-state index contributed by atoms with van der Waals surface area (Å²) in [5.74, 6) is 3.62. The van der Waals surface area contributed by atoms with E-state index in [1.165, 1.54) is 25.7 Å². The maximum Gasteiger partial charge on any atom is 0.217 e. The normalized spacial score (nSPS) is 30.5. The molecule has 2 saturated carbocycles. The van der Waals surface area contributed by atoms with Crippen molar-refractivity contribution >= 4 is 0 Å². The molecule has 1 aromatic heterocycles. The maximum absolute atomic E-state index is 5.30. The van der Waals surface area contributed by atoms with Crippen LogP contribution in [-0.4, -0.2) is 18.1 Å². The summed E-state index contributed by atoms with van der Waals surface area (Å²) in [6, 6.07) is 4.66. The summed E-state index contributed by atoms with van der Waals surface area (Å²) in [7, 11) is 1.69. The number of hydrogen-bond donors (Lipinski definition) is 1. The van der Waals surface area contributed by atoms with Gasteiger partial charge in [0.05, 0.1) is 7.11 Å². The summed E-state index contributed by atoms with van der Waals surface area (Å²) in [5.41, 5.74) is 1.15. The van der Waals surface area contributed by atoms with Gasteiger partial charge in [0.1, 0.15) is 0 Å². The largest absolute Gasteiger partial charge is 0.481 e. The van der Waals surface area contributed by atoms with Crippen LogP contribution in [0.15, 0.2) is 18.3 Å². The van der Waals surface area contributed by atoms with Gasteiger partial charge in [-0.05, 0) is 50.0 Å². The second-order valence-electron chi connectivity index (χ2n) is 6.18. The maximum atomic E-state index is 5.30. The molecule has 2 aliphatic rings. The first kappa shape index (κ1) is 12.9. The topological polar surface area (TPSA) is 34.1 Å². The van der Waals surface area contributed by atoms with E-state index in [2.05, 4.69) is 23.3 Å². The predicted octanol–water partition coefficient (Wildman–Crippen LogP) is 3.00. The van der Waals surface area contributed by atoms with Gasteiger partial charge in [0, 0.05) is 24.3 Å². The van der Waals surface area contributed by atoms with Crippen LogP contribution in [0.2, 0.25) is 0 Å². The molecule has 0 amide bonds. The molecule has 4 atom stereocenters. The van der Waals surface area contributed by atoms with Crippen molar-refractivity contribution in [3.05, 3.63) is 23.9 Å². The highest BCUT2D eigenvalue weighted by Crippen LogP contribution is 2.49. The highest BCUT2D eigenvalue weighted by atomic mass is 16.5. The summed E-state index contributed by atoms with van der Waals surface area (Å²) >= 11 is 0. The molecule has 3 rings (SSSR count). The van der Waals surface area contributed by atoms with Crippen LogP contribution in [0, 0.1) is 17.8 Å². The van der Waals surface area contributed by atoms with Gasteiger partial charge in [-0.1, -0.05) is 12.5 Å². The zero-order chi connectivity index (χ0) is 13.2. The first-order chi connectivity index (χ1) is 9.28. The lowest BCUT2D eigenvalue weighted by Crippen LogP contribution is -2.35. The molecular formula is C16H24N2O. The smallest absolute Gasteiger partial charge is 0.217 e. The molecule has 1 aromatic rings. The molecular weight excluding hydrogens is 236 g/mol. The van der Waals surface area contributed by atoms with E-state index in [-0.39, 0.29) is 0 Å². The first-order valence-electron chi connectivity index (χ1n) is 7.49. The van der Waals surface area contributed by atoms with Gasteiger partial charge in [0.2, 0.25) is 5.88 Å². The van der Waals surface area contributed by atoms with E-state index in [4.69, 9.17) is 4.74 Å². The van der Waals surface area contributed by atoms with E-state index < -0.39 is 0 Å². The lowest BCUT2D eigenvalue weighted by atomic mass is 9.84. The Bertz CT molecular complexity index is 435. The fourth-order valence-electron chi connectivity index (χ4n) is 4.07. The van der Waals surface area contributed by atoms with Crippen LogP contribution in [0.3, 0.4) is 0 Å². The van der Waals surface area contributed by atoms with Crippen molar-refractivity contribution in [3.63, 3.8) is 0 Å². The highest BCUT2D eigenvalue weighted by Gasteiger charge is 2.41. The number of methoxy groups -OCH3 is 1. The van der Waals surface area contributed by atoms with Crippen LogP contribution in [0.25, 0.3) is 0 Å². The Morgan fingerprint density at radius 2 is 2.32 bits per heavy atom. The fourth-order valence-corrected chi connectivity index (χ4v) is 4.07. The lowest BCUT2D eigenvalue weighted by Gasteiger charge is -2.28. The molecule has 2 fully saturated rings. The second kappa shape index (κ2) is 5.49. The van der Waals surface area contributed by atoms with E-state index >= 15 is 0 Å². The van der Waals surface area contributed by atoms with E-state index in [1.807, 2.05) is 6.07 Å². The van der Waals surface area contributed by atoms with Gasteiger partial charge >= 0.3 is 0 Å². The Balaban J connectivity index is 1.57. The molecule has 1 N–H and O–H groups in total. The van der Waals surface area contributed by atoms with Gasteiger partial charge in [-0.2, -0.15) is 0 Å². The quantitative estimate of drug-likeness (QED) is 0.883. The molecule has 2 bridgehead atoms. The molecule has 1 heterocycles. The van der Waals surface area contributed by atoms with Gasteiger partial charge in [-0.25, -0.2) is 4.98 Å². The van der Waals surface area contributed by atoms with Crippen LogP contribution in [0.5, 0.6) is 5.88 Å². The molecule has 3 heteroatoms. The number of fused-ring (bicyclic) bond motifs is 2. The van der Waals surface area contributed by atoms with Crippen LogP contribution in [0.4, 0.5) is 0 Å². The zero-order valence-corrected chi connectivity index (χ0v) is 11.9. The average Bonchev–Trinajstić information content (AvgIpc) is 3.07. The summed E-state index contributed by atoms with van der Waals surface area (Å²) in [4.78, 5) is 4.25. The van der Waals surface area contributed by atoms with Crippen molar-refractivity contribution in [1.82, 2.24) is 10.3 Å². The molecule has 0 spiro atoms. The number of pyridine rings is 1. The molecule has 0 aliphatic heterocycles. The number of rotatable bonds is 5. The molecule has 4 unspecified atom stereocenters. The summed E-state index contributed by atoms with van der Waals surface area (Å²) in [6.45, 7) is 3.19. The van der Waals surface area contributed by atoms with Crippen LogP contribution in [0.1, 0.15) is 38.2 Å². The van der Waals surface area contributed by atoms with E-state index in [1.54, 1.807) is 13.3 Å². The van der Waals surface area contributed by atoms with Crippen LogP contribution >= 0.6 is 0 Å². The van der Waals surface area contributed by atoms with Crippen molar-refractivity contribution in [2.75, 3.05) is 7.11 Å². The van der Waals surface area contributed by atoms with Crippen molar-refractivity contribution in [2.24, 2.45) is 17.8 Å². The Hall–Kier alpha value is -1.09. The summed E-state index contributed by atoms with van der Waals surface area (Å²) < 4.78 is 5.30. The Labute approximate surface area is 115 Å². The minimum atomic E-state index is 0.597. The monoisotopic (exact) mass is 260 g/mol. The minimum absolute atomic E-state index is 0.597. The SMILES string of the molecule is COc1ncccc1CNC(C)C1CC2CCC1C2. The van der Waals surface area contributed by atoms with Crippen LogP contribution < -0.4 is 10.1 Å². The predicted molar refractivity (Wildman–Crippen MR) is 76.0 cm³/mol. The van der Waals surface area contributed by atoms with Gasteiger partial charge in [0.15, 0.2) is 0 Å². The van der Waals surface area contributed by atoms with E-state index in [0.717, 1.165) is 35.7 Å². The third kappa shape index (κ3) is 2.62. The van der Waals surface area contributed by atoms with Gasteiger partial charge in [-0.15, -0.1) is 0 Å². The number of hydrogen-bond acceptors (Lipinski definition) is 3. The van der Waals surface area contributed by atoms with Crippen molar-refractivity contribution in [1.29, 1.82) is 0 Å². The number of nitrogens with zero attached hydrogens (tertiary/aromatic N) is 1. The van der Waals surface area contributed by atoms with Gasteiger partial charge in [-0.3, -0.25) is 0 Å². The van der Waals surface area contributed by atoms with E-state index in [0.29, 0.717) is 6.04 Å². The van der Waals surface area contributed by atoms with Gasteiger partial charge in [0.25, 0.3) is 0 Å². The van der Waals surface area contributed by atoms with E-state index in [9.17, 15) is 0 Å². The lowest BCUT2D eigenvalue weighted by molar-refractivity contribution is 0.258. The van der Waals surface area contributed by atoms with Crippen LogP contribution in [-0.2, 0) is 6.54 Å². The third-order valence-electron chi connectivity index (χ3n) is 5.09. The molecule has 0 saturated heterocycles. The molecule has 104 valence electrons. The molecule has 0 radical (unpaired) electrons. The molecule has 2 aliphatic carbocycles. The summed E-state index contributed by atoms with van der Waals surface area (Å²) in [5, 5.41) is 3.68. The Kier molecular flexibility index (Phi) is 3.74. The Morgan fingerprint density at radius 1 is 1.42 bits per heavy atom. The highest BCUT2D eigenvalue weighted by molar-refractivity contribution is 5.25. The summed E-state index contributed by atoms with van der Waals surface area (Å²) in [6.07, 6.45) is 7.62. The standard InChI is InChI=1S/C16H24N2O/c1-11(15-9-12-5-6-13(15)8-12)18-10-14-4-3-7-17-16(14)19-2/h3-4,7,11-13,15,18H,5-6,8-10H2,1-2H3. The van der Waals surface area contributed by atoms with Gasteiger partial charge < -0.3 is 10.1 Å². The van der Waals surface area contributed by atoms with Crippen molar-refractivity contribution in [2.45, 2.75) is 45.2 Å². The number of nitrogens with one attached hydrogen (secondary N) is 1. The number of ether oxygens (including phenoxy) is 1. The molecule has 0 aromatic carbocycles. The first-order valence-corrected chi connectivity index (χ1v) is 7.49. The van der Waals surface area contributed by atoms with Crippen molar-refractivity contribution in [3.8, 4) is 5.88 Å². The molecule has 3 nitrogen and oxygen atoms in total. The zero-order valence-electron chi connectivity index (χ0n) is 11.9. The minimum Gasteiger partial charge on any atom is -0.481 e.